The first-order chi connectivity index (χ1) is 4.43. The van der Waals surface area contributed by atoms with Crippen molar-refractivity contribution in [2.24, 2.45) is 5.92 Å². The minimum atomic E-state index is 0.478. The topological polar surface area (TPSA) is 0 Å². The molecule has 0 spiro atoms. The van der Waals surface area contributed by atoms with E-state index < -0.39 is 0 Å². The van der Waals surface area contributed by atoms with Crippen molar-refractivity contribution >= 4 is 12.1 Å². The summed E-state index contributed by atoms with van der Waals surface area (Å²) >= 11 is 0.478. The maximum atomic E-state index is 11.5. The van der Waals surface area contributed by atoms with E-state index in [-0.39, 0.29) is 0 Å². The van der Waals surface area contributed by atoms with Crippen molar-refractivity contribution < 1.29 is 3.89 Å². The predicted octanol–water partition coefficient (Wildman–Crippen LogP) is 3.18. The molecule has 0 aromatic rings. The van der Waals surface area contributed by atoms with Gasteiger partial charge < -0.3 is 0 Å². The van der Waals surface area contributed by atoms with Crippen LogP contribution in [-0.4, -0.2) is 5.75 Å². The lowest BCUT2D eigenvalue weighted by Crippen LogP contribution is -2.10. The summed E-state index contributed by atoms with van der Waals surface area (Å²) in [6.07, 6.45) is 6.55. The van der Waals surface area contributed by atoms with Crippen molar-refractivity contribution in [2.75, 3.05) is 5.75 Å². The number of hydrogen-bond acceptors (Lipinski definition) is 1. The summed E-state index contributed by atoms with van der Waals surface area (Å²) in [6, 6.07) is 0. The van der Waals surface area contributed by atoms with Crippen LogP contribution in [-0.2, 0) is 0 Å². The second kappa shape index (κ2) is 4.15. The van der Waals surface area contributed by atoms with Gasteiger partial charge in [0, 0.05) is 17.9 Å². The predicted molar refractivity (Wildman–Crippen MR) is 40.1 cm³/mol. The molecular weight excluding hydrogens is 135 g/mol. The zero-order valence-electron chi connectivity index (χ0n) is 5.61. The molecule has 2 heteroatoms. The Hall–Kier alpha value is 0.280. The van der Waals surface area contributed by atoms with Crippen LogP contribution in [0.5, 0.6) is 0 Å². The lowest BCUT2D eigenvalue weighted by Gasteiger charge is -2.24. The standard InChI is InChI=1S/C7H13FS/c8-9-6-2-5-7-3-1-4-7/h7H,1-6H2. The van der Waals surface area contributed by atoms with E-state index >= 15 is 0 Å². The highest BCUT2D eigenvalue weighted by Gasteiger charge is 2.15. The van der Waals surface area contributed by atoms with Crippen LogP contribution in [0.25, 0.3) is 0 Å². The molecule has 1 fully saturated rings. The normalized spacial score (nSPS) is 19.7. The molecule has 0 nitrogen and oxygen atoms in total. The van der Waals surface area contributed by atoms with E-state index in [1.165, 1.54) is 25.7 Å². The Morgan fingerprint density at radius 2 is 2.22 bits per heavy atom. The van der Waals surface area contributed by atoms with E-state index in [1.54, 1.807) is 0 Å². The Bertz CT molecular complexity index is 71.3. The second-order valence-electron chi connectivity index (χ2n) is 2.75. The molecule has 0 atom stereocenters. The number of halogens is 1. The highest BCUT2D eigenvalue weighted by molar-refractivity contribution is 7.94. The van der Waals surface area contributed by atoms with Gasteiger partial charge in [0.2, 0.25) is 0 Å². The molecule has 0 amide bonds. The summed E-state index contributed by atoms with van der Waals surface area (Å²) in [5.74, 6) is 1.66. The molecule has 0 unspecified atom stereocenters. The van der Waals surface area contributed by atoms with Gasteiger partial charge in [0.05, 0.1) is 0 Å². The van der Waals surface area contributed by atoms with Gasteiger partial charge in [0.1, 0.15) is 0 Å². The third kappa shape index (κ3) is 2.57. The Labute approximate surface area is 60.5 Å². The van der Waals surface area contributed by atoms with Crippen LogP contribution in [0.2, 0.25) is 0 Å². The number of rotatable bonds is 4. The fourth-order valence-electron chi connectivity index (χ4n) is 1.21. The van der Waals surface area contributed by atoms with Crippen molar-refractivity contribution in [3.05, 3.63) is 0 Å². The quantitative estimate of drug-likeness (QED) is 0.552. The highest BCUT2D eigenvalue weighted by Crippen LogP contribution is 2.30. The van der Waals surface area contributed by atoms with Crippen LogP contribution in [0, 0.1) is 5.92 Å². The Morgan fingerprint density at radius 1 is 1.44 bits per heavy atom. The summed E-state index contributed by atoms with van der Waals surface area (Å²) in [5.41, 5.74) is 0. The van der Waals surface area contributed by atoms with E-state index in [2.05, 4.69) is 0 Å². The third-order valence-corrected chi connectivity index (χ3v) is 2.50. The molecule has 0 saturated heterocycles. The largest absolute Gasteiger partial charge is 0.165 e. The molecule has 1 saturated carbocycles. The van der Waals surface area contributed by atoms with Crippen molar-refractivity contribution in [2.45, 2.75) is 32.1 Å². The zero-order valence-corrected chi connectivity index (χ0v) is 6.42. The van der Waals surface area contributed by atoms with E-state index in [0.717, 1.165) is 12.3 Å². The van der Waals surface area contributed by atoms with E-state index in [0.29, 0.717) is 17.9 Å². The molecule has 1 aliphatic rings. The summed E-state index contributed by atoms with van der Waals surface area (Å²) < 4.78 is 11.5. The lowest BCUT2D eigenvalue weighted by molar-refractivity contribution is 0.294. The molecular formula is C7H13FS. The van der Waals surface area contributed by atoms with Gasteiger partial charge in [-0.25, -0.2) is 0 Å². The molecule has 0 aliphatic heterocycles. The van der Waals surface area contributed by atoms with E-state index in [4.69, 9.17) is 0 Å². The first-order valence-corrected chi connectivity index (χ1v) is 4.55. The maximum Gasteiger partial charge on any atom is 0.0443 e. The van der Waals surface area contributed by atoms with Crippen LogP contribution in [0.15, 0.2) is 0 Å². The Balaban J connectivity index is 1.80. The highest BCUT2D eigenvalue weighted by atomic mass is 32.2. The van der Waals surface area contributed by atoms with Crippen molar-refractivity contribution in [1.82, 2.24) is 0 Å². The Kier molecular flexibility index (Phi) is 3.41. The van der Waals surface area contributed by atoms with Gasteiger partial charge in [0.25, 0.3) is 0 Å². The van der Waals surface area contributed by atoms with Crippen LogP contribution in [0.4, 0.5) is 3.89 Å². The molecule has 1 aliphatic carbocycles. The molecule has 9 heavy (non-hydrogen) atoms. The smallest absolute Gasteiger partial charge is 0.0443 e. The van der Waals surface area contributed by atoms with Gasteiger partial charge in [0.15, 0.2) is 0 Å². The molecule has 0 aromatic heterocycles. The Morgan fingerprint density at radius 3 is 2.67 bits per heavy atom. The zero-order chi connectivity index (χ0) is 6.53. The van der Waals surface area contributed by atoms with E-state index in [9.17, 15) is 3.89 Å². The van der Waals surface area contributed by atoms with E-state index in [1.807, 2.05) is 0 Å². The average Bonchev–Trinajstić information content (AvgIpc) is 1.76. The molecule has 54 valence electrons. The van der Waals surface area contributed by atoms with Gasteiger partial charge in [-0.3, -0.25) is 0 Å². The first-order valence-electron chi connectivity index (χ1n) is 3.67. The van der Waals surface area contributed by atoms with Gasteiger partial charge >= 0.3 is 0 Å². The van der Waals surface area contributed by atoms with Crippen molar-refractivity contribution in [3.8, 4) is 0 Å². The van der Waals surface area contributed by atoms with Crippen LogP contribution < -0.4 is 0 Å². The van der Waals surface area contributed by atoms with Crippen LogP contribution in [0.1, 0.15) is 32.1 Å². The van der Waals surface area contributed by atoms with Gasteiger partial charge in [-0.05, 0) is 18.8 Å². The van der Waals surface area contributed by atoms with Gasteiger partial charge in [-0.2, -0.15) is 3.89 Å². The molecule has 1 rings (SSSR count). The molecule has 0 radical (unpaired) electrons. The monoisotopic (exact) mass is 148 g/mol. The van der Waals surface area contributed by atoms with Crippen LogP contribution in [0.3, 0.4) is 0 Å². The lowest BCUT2D eigenvalue weighted by atomic mass is 9.82. The first kappa shape index (κ1) is 7.39. The third-order valence-electron chi connectivity index (χ3n) is 2.06. The second-order valence-corrected chi connectivity index (χ2v) is 3.38. The maximum absolute atomic E-state index is 11.5. The summed E-state index contributed by atoms with van der Waals surface area (Å²) in [7, 11) is 0. The van der Waals surface area contributed by atoms with Gasteiger partial charge in [-0.15, -0.1) is 0 Å². The molecule has 0 heterocycles. The van der Waals surface area contributed by atoms with Crippen molar-refractivity contribution in [3.63, 3.8) is 0 Å². The summed E-state index contributed by atoms with van der Waals surface area (Å²) in [6.45, 7) is 0. The minimum Gasteiger partial charge on any atom is -0.165 e. The summed E-state index contributed by atoms with van der Waals surface area (Å²) in [5, 5.41) is 0. The SMILES string of the molecule is FSCCCC1CCC1. The van der Waals surface area contributed by atoms with Crippen LogP contribution >= 0.6 is 12.1 Å². The molecule has 0 aromatic carbocycles. The van der Waals surface area contributed by atoms with Gasteiger partial charge in [-0.1, -0.05) is 19.3 Å². The average molecular weight is 148 g/mol. The fraction of sp³-hybridized carbons (Fsp3) is 1.00. The molecule has 0 bridgehead atoms. The summed E-state index contributed by atoms with van der Waals surface area (Å²) in [4.78, 5) is 0. The molecule has 0 N–H and O–H groups in total. The minimum absolute atomic E-state index is 0.478. The van der Waals surface area contributed by atoms with Crippen molar-refractivity contribution in [1.29, 1.82) is 0 Å². The fourth-order valence-corrected chi connectivity index (χ4v) is 1.48. The number of hydrogen-bond donors (Lipinski definition) is 0.